The Hall–Kier alpha value is -1.85. The van der Waals surface area contributed by atoms with Crippen LogP contribution in [-0.4, -0.2) is 4.98 Å². The zero-order chi connectivity index (χ0) is 8.59. The minimum atomic E-state index is 0.106. The summed E-state index contributed by atoms with van der Waals surface area (Å²) in [5.41, 5.74) is 27.5. The number of nitrogen functional groups attached to an aromatic ring is 5. The van der Waals surface area contributed by atoms with E-state index >= 15 is 0 Å². The molecule has 6 nitrogen and oxygen atoms in total. The van der Waals surface area contributed by atoms with Crippen LogP contribution in [0.4, 0.5) is 28.7 Å². The number of pyridine rings is 1. The fourth-order valence-corrected chi connectivity index (χ4v) is 0.671. The molecule has 0 aliphatic heterocycles. The minimum Gasteiger partial charge on any atom is -0.395 e. The van der Waals surface area contributed by atoms with Crippen molar-refractivity contribution in [3.63, 3.8) is 0 Å². The van der Waals surface area contributed by atoms with Crippen molar-refractivity contribution in [3.8, 4) is 0 Å². The van der Waals surface area contributed by atoms with Gasteiger partial charge in [-0.15, -0.1) is 0 Å². The second-order valence-electron chi connectivity index (χ2n) is 2.12. The van der Waals surface area contributed by atoms with E-state index < -0.39 is 0 Å². The Bertz CT molecular complexity index is 267. The number of nitrogens with two attached hydrogens (primary N) is 5. The monoisotopic (exact) mass is 154 g/mol. The van der Waals surface area contributed by atoms with Crippen molar-refractivity contribution in [1.82, 2.24) is 4.98 Å². The highest BCUT2D eigenvalue weighted by atomic mass is 15.0. The zero-order valence-corrected chi connectivity index (χ0v) is 5.83. The van der Waals surface area contributed by atoms with E-state index in [4.69, 9.17) is 28.7 Å². The van der Waals surface area contributed by atoms with Gasteiger partial charge in [-0.1, -0.05) is 0 Å². The van der Waals surface area contributed by atoms with E-state index in [9.17, 15) is 0 Å². The molecule has 0 saturated heterocycles. The lowest BCUT2D eigenvalue weighted by atomic mass is 10.3. The fourth-order valence-electron chi connectivity index (χ4n) is 0.671. The zero-order valence-electron chi connectivity index (χ0n) is 5.83. The maximum Gasteiger partial charge on any atom is 0.151 e. The van der Waals surface area contributed by atoms with Gasteiger partial charge in [0.25, 0.3) is 0 Å². The highest BCUT2D eigenvalue weighted by Gasteiger charge is 2.08. The summed E-state index contributed by atoms with van der Waals surface area (Å²) in [5, 5.41) is 0. The molecular weight excluding hydrogens is 144 g/mol. The predicted molar refractivity (Wildman–Crippen MR) is 46.3 cm³/mol. The third-order valence-corrected chi connectivity index (χ3v) is 1.37. The van der Waals surface area contributed by atoms with Crippen molar-refractivity contribution in [2.45, 2.75) is 0 Å². The summed E-state index contributed by atoms with van der Waals surface area (Å²) in [7, 11) is 0. The van der Waals surface area contributed by atoms with Gasteiger partial charge in [-0.05, 0) is 0 Å². The number of rotatable bonds is 0. The normalized spacial score (nSPS) is 9.82. The number of aromatic nitrogens is 1. The number of anilines is 5. The number of hydrogen-bond donors (Lipinski definition) is 5. The van der Waals surface area contributed by atoms with E-state index in [1.54, 1.807) is 0 Å². The van der Waals surface area contributed by atoms with E-state index in [1.165, 1.54) is 0 Å². The predicted octanol–water partition coefficient (Wildman–Crippen LogP) is -1.01. The van der Waals surface area contributed by atoms with Crippen LogP contribution in [0.1, 0.15) is 0 Å². The first-order valence-corrected chi connectivity index (χ1v) is 2.89. The molecule has 0 aromatic carbocycles. The van der Waals surface area contributed by atoms with Crippen LogP contribution >= 0.6 is 0 Å². The molecule has 0 atom stereocenters. The van der Waals surface area contributed by atoms with Gasteiger partial charge in [0, 0.05) is 0 Å². The summed E-state index contributed by atoms with van der Waals surface area (Å²) in [6.07, 6.45) is 0. The first-order valence-electron chi connectivity index (χ1n) is 2.89. The molecule has 1 heterocycles. The molecule has 0 aliphatic rings. The summed E-state index contributed by atoms with van der Waals surface area (Å²) in [4.78, 5) is 3.66. The van der Waals surface area contributed by atoms with Crippen LogP contribution in [-0.2, 0) is 0 Å². The molecule has 6 heteroatoms. The SMILES string of the molecule is Nc1nc(N)c(N)c(N)c1N. The van der Waals surface area contributed by atoms with Crippen LogP contribution < -0.4 is 28.7 Å². The van der Waals surface area contributed by atoms with Gasteiger partial charge in [-0.3, -0.25) is 0 Å². The standard InChI is InChI=1S/C5H10N6/c6-1-2(7)4(9)11-5(10)3(1)8/h7-8H2,(H6,6,9,10,11). The van der Waals surface area contributed by atoms with Crippen molar-refractivity contribution in [1.29, 1.82) is 0 Å². The first-order chi connectivity index (χ1) is 5.04. The van der Waals surface area contributed by atoms with Crippen molar-refractivity contribution >= 4 is 28.7 Å². The van der Waals surface area contributed by atoms with E-state index in [2.05, 4.69) is 4.98 Å². The van der Waals surface area contributed by atoms with Crippen LogP contribution in [0.3, 0.4) is 0 Å². The average Bonchev–Trinajstić information content (AvgIpc) is 1.97. The molecule has 0 unspecified atom stereocenters. The molecule has 0 spiro atoms. The summed E-state index contributed by atoms with van der Waals surface area (Å²) in [5.74, 6) is 0.211. The molecule has 11 heavy (non-hydrogen) atoms. The number of nitrogens with zero attached hydrogens (tertiary/aromatic N) is 1. The van der Waals surface area contributed by atoms with Crippen LogP contribution in [0.15, 0.2) is 0 Å². The molecule has 60 valence electrons. The van der Waals surface area contributed by atoms with Gasteiger partial charge >= 0.3 is 0 Å². The molecule has 1 aromatic rings. The summed E-state index contributed by atoms with van der Waals surface area (Å²) >= 11 is 0. The molecule has 0 aliphatic carbocycles. The van der Waals surface area contributed by atoms with Crippen molar-refractivity contribution in [2.75, 3.05) is 28.7 Å². The van der Waals surface area contributed by atoms with Crippen LogP contribution in [0.5, 0.6) is 0 Å². The Labute approximate surface area is 63.4 Å². The van der Waals surface area contributed by atoms with Gasteiger partial charge in [0.15, 0.2) is 11.6 Å². The Morgan fingerprint density at radius 1 is 0.636 bits per heavy atom. The topological polar surface area (TPSA) is 143 Å². The molecule has 0 amide bonds. The second-order valence-corrected chi connectivity index (χ2v) is 2.12. The average molecular weight is 154 g/mol. The third kappa shape index (κ3) is 0.936. The molecule has 1 aromatic heterocycles. The summed E-state index contributed by atoms with van der Waals surface area (Å²) < 4.78 is 0. The Kier molecular flexibility index (Phi) is 1.37. The maximum absolute atomic E-state index is 5.43. The lowest BCUT2D eigenvalue weighted by molar-refractivity contribution is 1.35. The van der Waals surface area contributed by atoms with E-state index in [1.807, 2.05) is 0 Å². The Morgan fingerprint density at radius 2 is 1.00 bits per heavy atom. The van der Waals surface area contributed by atoms with Crippen LogP contribution in [0.25, 0.3) is 0 Å². The van der Waals surface area contributed by atoms with E-state index in [0.717, 1.165) is 0 Å². The van der Waals surface area contributed by atoms with E-state index in [0.29, 0.717) is 0 Å². The molecule has 0 radical (unpaired) electrons. The molecule has 0 bridgehead atoms. The van der Waals surface area contributed by atoms with Gasteiger partial charge in [0.05, 0.1) is 17.1 Å². The van der Waals surface area contributed by atoms with Gasteiger partial charge in [0.2, 0.25) is 0 Å². The van der Waals surface area contributed by atoms with Crippen molar-refractivity contribution in [3.05, 3.63) is 0 Å². The largest absolute Gasteiger partial charge is 0.395 e. The van der Waals surface area contributed by atoms with Gasteiger partial charge in [0.1, 0.15) is 0 Å². The highest BCUT2D eigenvalue weighted by molar-refractivity contribution is 5.89. The minimum absolute atomic E-state index is 0.106. The smallest absolute Gasteiger partial charge is 0.151 e. The lowest BCUT2D eigenvalue weighted by Crippen LogP contribution is -2.09. The lowest BCUT2D eigenvalue weighted by Gasteiger charge is -2.07. The highest BCUT2D eigenvalue weighted by Crippen LogP contribution is 2.30. The Balaban J connectivity index is 3.46. The number of hydrogen-bond acceptors (Lipinski definition) is 6. The van der Waals surface area contributed by atoms with E-state index in [-0.39, 0.29) is 28.7 Å². The van der Waals surface area contributed by atoms with Crippen molar-refractivity contribution in [2.24, 2.45) is 0 Å². The molecule has 0 saturated carbocycles. The molecule has 0 fully saturated rings. The maximum atomic E-state index is 5.43. The fraction of sp³-hybridized carbons (Fsp3) is 0. The quantitative estimate of drug-likeness (QED) is 0.324. The van der Waals surface area contributed by atoms with Crippen LogP contribution in [0, 0.1) is 0 Å². The third-order valence-electron chi connectivity index (χ3n) is 1.37. The van der Waals surface area contributed by atoms with Gasteiger partial charge in [-0.25, -0.2) is 4.98 Å². The van der Waals surface area contributed by atoms with Gasteiger partial charge in [-0.2, -0.15) is 0 Å². The Morgan fingerprint density at radius 3 is 1.36 bits per heavy atom. The van der Waals surface area contributed by atoms with Gasteiger partial charge < -0.3 is 28.7 Å². The first kappa shape index (κ1) is 7.26. The molecular formula is C5H10N6. The van der Waals surface area contributed by atoms with Crippen molar-refractivity contribution < 1.29 is 0 Å². The second kappa shape index (κ2) is 2.08. The van der Waals surface area contributed by atoms with Crippen LogP contribution in [0.2, 0.25) is 0 Å². The summed E-state index contributed by atoms with van der Waals surface area (Å²) in [6.45, 7) is 0. The summed E-state index contributed by atoms with van der Waals surface area (Å²) in [6, 6.07) is 0. The molecule has 1 rings (SSSR count). The molecule has 10 N–H and O–H groups in total.